The van der Waals surface area contributed by atoms with Crippen LogP contribution in [0.5, 0.6) is 0 Å². The Morgan fingerprint density at radius 3 is 2.74 bits per heavy atom. The maximum absolute atomic E-state index is 12.1. The summed E-state index contributed by atoms with van der Waals surface area (Å²) in [7, 11) is 0. The third-order valence-electron chi connectivity index (χ3n) is 2.96. The zero-order valence-electron chi connectivity index (χ0n) is 10.9. The molecule has 104 valence electrons. The molecular formula is C12H17N3O4. The van der Waals surface area contributed by atoms with Crippen molar-refractivity contribution in [2.45, 2.75) is 32.2 Å². The molecule has 0 aliphatic carbocycles. The monoisotopic (exact) mass is 267 g/mol. The quantitative estimate of drug-likeness (QED) is 0.790. The van der Waals surface area contributed by atoms with E-state index in [1.165, 1.54) is 6.08 Å². The van der Waals surface area contributed by atoms with Gasteiger partial charge >= 0.3 is 6.03 Å². The lowest BCUT2D eigenvalue weighted by Gasteiger charge is -2.16. The van der Waals surface area contributed by atoms with Crippen molar-refractivity contribution in [1.82, 2.24) is 10.1 Å². The van der Waals surface area contributed by atoms with Crippen LogP contribution >= 0.6 is 0 Å². The molecule has 0 aromatic carbocycles. The van der Waals surface area contributed by atoms with E-state index in [1.54, 1.807) is 6.07 Å². The van der Waals surface area contributed by atoms with Crippen LogP contribution < -0.4 is 4.90 Å². The summed E-state index contributed by atoms with van der Waals surface area (Å²) in [6.07, 6.45) is -1.22. The van der Waals surface area contributed by atoms with Crippen LogP contribution in [0.1, 0.15) is 25.5 Å². The lowest BCUT2D eigenvalue weighted by Crippen LogP contribution is -2.37. The molecule has 1 aromatic rings. The SMILES string of the molecule is C=CCN1C(=O)N(c2cc(C(C)C)on2)C(O)C1O. The maximum atomic E-state index is 12.1. The molecule has 19 heavy (non-hydrogen) atoms. The van der Waals surface area contributed by atoms with E-state index in [4.69, 9.17) is 4.52 Å². The van der Waals surface area contributed by atoms with Crippen LogP contribution in [0.3, 0.4) is 0 Å². The van der Waals surface area contributed by atoms with Crippen molar-refractivity contribution in [1.29, 1.82) is 0 Å². The van der Waals surface area contributed by atoms with Gasteiger partial charge in [0.25, 0.3) is 0 Å². The second kappa shape index (κ2) is 5.02. The molecule has 0 spiro atoms. The van der Waals surface area contributed by atoms with Crippen molar-refractivity contribution in [2.75, 3.05) is 11.4 Å². The van der Waals surface area contributed by atoms with Gasteiger partial charge in [-0.2, -0.15) is 0 Å². The van der Waals surface area contributed by atoms with Crippen molar-refractivity contribution in [3.05, 3.63) is 24.5 Å². The first kappa shape index (κ1) is 13.6. The molecule has 2 atom stereocenters. The standard InChI is InChI=1S/C12H17N3O4/c1-4-5-14-10(16)11(17)15(12(14)18)9-6-8(7(2)3)19-13-9/h4,6-7,10-11,16-17H,1,5H2,2-3H3. The molecule has 2 amide bonds. The fourth-order valence-electron chi connectivity index (χ4n) is 1.88. The van der Waals surface area contributed by atoms with E-state index in [-0.39, 0.29) is 18.3 Å². The molecule has 0 saturated carbocycles. The van der Waals surface area contributed by atoms with Crippen molar-refractivity contribution in [3.8, 4) is 0 Å². The van der Waals surface area contributed by atoms with E-state index in [9.17, 15) is 15.0 Å². The Morgan fingerprint density at radius 2 is 2.21 bits per heavy atom. The number of rotatable bonds is 4. The van der Waals surface area contributed by atoms with Crippen molar-refractivity contribution in [2.24, 2.45) is 0 Å². The summed E-state index contributed by atoms with van der Waals surface area (Å²) >= 11 is 0. The summed E-state index contributed by atoms with van der Waals surface area (Å²) in [6.45, 7) is 7.49. The van der Waals surface area contributed by atoms with Gasteiger partial charge in [-0.15, -0.1) is 6.58 Å². The van der Waals surface area contributed by atoms with E-state index < -0.39 is 18.5 Å². The highest BCUT2D eigenvalue weighted by Crippen LogP contribution is 2.28. The number of urea groups is 1. The Balaban J connectivity index is 2.28. The second-order valence-corrected chi connectivity index (χ2v) is 4.66. The predicted molar refractivity (Wildman–Crippen MR) is 67.4 cm³/mol. The Labute approximate surface area is 110 Å². The second-order valence-electron chi connectivity index (χ2n) is 4.66. The fraction of sp³-hybridized carbons (Fsp3) is 0.500. The third-order valence-corrected chi connectivity index (χ3v) is 2.96. The first-order valence-corrected chi connectivity index (χ1v) is 6.00. The molecule has 2 N–H and O–H groups in total. The summed E-state index contributed by atoms with van der Waals surface area (Å²) in [6, 6.07) is 1.04. The largest absolute Gasteiger partial charge is 0.369 e. The highest BCUT2D eigenvalue weighted by atomic mass is 16.5. The van der Waals surface area contributed by atoms with Crippen LogP contribution in [-0.2, 0) is 0 Å². The Hall–Kier alpha value is -1.86. The minimum absolute atomic E-state index is 0.116. The normalized spacial score (nSPS) is 23.5. The molecule has 0 radical (unpaired) electrons. The summed E-state index contributed by atoms with van der Waals surface area (Å²) < 4.78 is 5.09. The molecule has 7 nitrogen and oxygen atoms in total. The Morgan fingerprint density at radius 1 is 1.53 bits per heavy atom. The van der Waals surface area contributed by atoms with Gasteiger partial charge in [0.15, 0.2) is 18.3 Å². The van der Waals surface area contributed by atoms with Crippen molar-refractivity contribution in [3.63, 3.8) is 0 Å². The topological polar surface area (TPSA) is 90.0 Å². The molecule has 1 fully saturated rings. The van der Waals surface area contributed by atoms with Gasteiger partial charge in [0.1, 0.15) is 5.76 Å². The van der Waals surface area contributed by atoms with Gasteiger partial charge in [-0.25, -0.2) is 9.69 Å². The van der Waals surface area contributed by atoms with Gasteiger partial charge in [0.05, 0.1) is 0 Å². The highest BCUT2D eigenvalue weighted by Gasteiger charge is 2.45. The predicted octanol–water partition coefficient (Wildman–Crippen LogP) is 0.863. The summed E-state index contributed by atoms with van der Waals surface area (Å²) in [4.78, 5) is 14.2. The van der Waals surface area contributed by atoms with Gasteiger partial charge < -0.3 is 14.7 Å². The number of amides is 2. The van der Waals surface area contributed by atoms with Crippen LogP contribution in [0, 0.1) is 0 Å². The van der Waals surface area contributed by atoms with Gasteiger partial charge in [-0.1, -0.05) is 25.1 Å². The molecule has 7 heteroatoms. The average Bonchev–Trinajstić information content (AvgIpc) is 2.90. The van der Waals surface area contributed by atoms with Gasteiger partial charge in [0, 0.05) is 18.5 Å². The van der Waals surface area contributed by atoms with E-state index in [2.05, 4.69) is 11.7 Å². The number of aliphatic hydroxyl groups excluding tert-OH is 2. The van der Waals surface area contributed by atoms with E-state index in [0.717, 1.165) is 9.80 Å². The van der Waals surface area contributed by atoms with Crippen molar-refractivity contribution >= 4 is 11.8 Å². The first-order chi connectivity index (χ1) is 8.97. The highest BCUT2D eigenvalue weighted by molar-refractivity contribution is 5.94. The number of nitrogens with zero attached hydrogens (tertiary/aromatic N) is 3. The molecule has 1 aliphatic rings. The Bertz CT molecular complexity index is 485. The zero-order valence-corrected chi connectivity index (χ0v) is 10.9. The third kappa shape index (κ3) is 2.22. The number of aromatic nitrogens is 1. The smallest absolute Gasteiger partial charge is 0.330 e. The zero-order chi connectivity index (χ0) is 14.2. The lowest BCUT2D eigenvalue weighted by molar-refractivity contribution is -0.0236. The molecule has 0 bridgehead atoms. The van der Waals surface area contributed by atoms with E-state index >= 15 is 0 Å². The van der Waals surface area contributed by atoms with E-state index in [0.29, 0.717) is 5.76 Å². The number of hydrogen-bond donors (Lipinski definition) is 2. The number of aliphatic hydroxyl groups is 2. The molecule has 2 unspecified atom stereocenters. The molecule has 2 heterocycles. The molecule has 1 saturated heterocycles. The number of carbonyl (C=O) groups is 1. The van der Waals surface area contributed by atoms with Gasteiger partial charge in [-0.05, 0) is 0 Å². The van der Waals surface area contributed by atoms with Crippen LogP contribution in [0.25, 0.3) is 0 Å². The van der Waals surface area contributed by atoms with Crippen LogP contribution in [-0.4, -0.2) is 45.3 Å². The van der Waals surface area contributed by atoms with E-state index in [1.807, 2.05) is 13.8 Å². The minimum atomic E-state index is -1.38. The summed E-state index contributed by atoms with van der Waals surface area (Å²) in [5.74, 6) is 0.906. The number of carbonyl (C=O) groups excluding carboxylic acids is 1. The molecule has 1 aromatic heterocycles. The van der Waals surface area contributed by atoms with Gasteiger partial charge in [0.2, 0.25) is 0 Å². The minimum Gasteiger partial charge on any atom is -0.369 e. The number of hydrogen-bond acceptors (Lipinski definition) is 5. The van der Waals surface area contributed by atoms with Crippen LogP contribution in [0.2, 0.25) is 0 Å². The first-order valence-electron chi connectivity index (χ1n) is 6.00. The summed E-state index contributed by atoms with van der Waals surface area (Å²) in [5.41, 5.74) is 0. The maximum Gasteiger partial charge on any atom is 0.330 e. The van der Waals surface area contributed by atoms with Crippen LogP contribution in [0.4, 0.5) is 10.6 Å². The summed E-state index contributed by atoms with van der Waals surface area (Å²) in [5, 5.41) is 23.5. The number of anilines is 1. The average molecular weight is 267 g/mol. The Kier molecular flexibility index (Phi) is 3.59. The van der Waals surface area contributed by atoms with Crippen molar-refractivity contribution < 1.29 is 19.5 Å². The fourth-order valence-corrected chi connectivity index (χ4v) is 1.88. The van der Waals surface area contributed by atoms with Crippen LogP contribution in [0.15, 0.2) is 23.2 Å². The molecular weight excluding hydrogens is 250 g/mol. The van der Waals surface area contributed by atoms with Gasteiger partial charge in [-0.3, -0.25) is 4.90 Å². The molecule has 1 aliphatic heterocycles. The lowest BCUT2D eigenvalue weighted by atomic mass is 10.1. The molecule has 2 rings (SSSR count).